The number of nitrogens with one attached hydrogen (secondary N) is 1. The van der Waals surface area contributed by atoms with Crippen molar-refractivity contribution in [3.05, 3.63) is 27.8 Å². The van der Waals surface area contributed by atoms with Gasteiger partial charge in [0.05, 0.1) is 5.01 Å². The summed E-state index contributed by atoms with van der Waals surface area (Å²) >= 11 is 1.33. The molecule has 0 saturated heterocycles. The highest BCUT2D eigenvalue weighted by atomic mass is 32.1. The Morgan fingerprint density at radius 3 is 2.75 bits per heavy atom. The average Bonchev–Trinajstić information content (AvgIpc) is 2.97. The van der Waals surface area contributed by atoms with E-state index in [1.165, 1.54) is 11.3 Å². The molecule has 1 amide bonds. The predicted molar refractivity (Wildman–Crippen MR) is 62.2 cm³/mol. The van der Waals surface area contributed by atoms with Crippen LogP contribution in [0.1, 0.15) is 27.2 Å². The van der Waals surface area contributed by atoms with E-state index in [0.717, 1.165) is 5.01 Å². The van der Waals surface area contributed by atoms with E-state index >= 15 is 0 Å². The van der Waals surface area contributed by atoms with Crippen molar-refractivity contribution in [1.29, 1.82) is 0 Å². The third-order valence-corrected chi connectivity index (χ3v) is 2.97. The third-order valence-electron chi connectivity index (χ3n) is 2.20. The predicted octanol–water partition coefficient (Wildman–Crippen LogP) is 1.83. The smallest absolute Gasteiger partial charge is 0.350 e. The molecule has 0 aliphatic carbocycles. The lowest BCUT2D eigenvalue weighted by atomic mass is 10.4. The monoisotopic (exact) mass is 306 g/mol. The van der Waals surface area contributed by atoms with Gasteiger partial charge in [-0.05, 0) is 6.92 Å². The second-order valence-electron chi connectivity index (χ2n) is 3.77. The Bertz CT molecular complexity index is 608. The van der Waals surface area contributed by atoms with Gasteiger partial charge in [-0.15, -0.1) is 11.3 Å². The van der Waals surface area contributed by atoms with Crippen LogP contribution in [0.4, 0.5) is 13.2 Å². The highest BCUT2D eigenvalue weighted by molar-refractivity contribution is 7.09. The lowest BCUT2D eigenvalue weighted by molar-refractivity contribution is -0.159. The molecule has 20 heavy (non-hydrogen) atoms. The molecule has 0 aliphatic heterocycles. The van der Waals surface area contributed by atoms with Gasteiger partial charge < -0.3 is 9.84 Å². The number of hydrogen-bond acceptors (Lipinski definition) is 6. The minimum Gasteiger partial charge on any atom is -0.350 e. The van der Waals surface area contributed by atoms with Crippen LogP contribution < -0.4 is 5.32 Å². The lowest BCUT2D eigenvalue weighted by Crippen LogP contribution is -2.26. The molecule has 6 nitrogen and oxygen atoms in total. The maximum atomic E-state index is 12.2. The standard InChI is InChI=1S/C10H9F3N4O2S/c1-5-15-6(4-20-5)8(18)14-3-2-7-16-9(19-17-7)10(11,12)13/h4H,2-3H2,1H3,(H,14,18). The Balaban J connectivity index is 1.84. The molecule has 2 aromatic heterocycles. The van der Waals surface area contributed by atoms with Gasteiger partial charge in [-0.25, -0.2) is 4.98 Å². The van der Waals surface area contributed by atoms with E-state index in [1.54, 1.807) is 12.3 Å². The number of hydrogen-bond donors (Lipinski definition) is 1. The zero-order chi connectivity index (χ0) is 14.8. The fourth-order valence-corrected chi connectivity index (χ4v) is 1.91. The van der Waals surface area contributed by atoms with E-state index in [9.17, 15) is 18.0 Å². The van der Waals surface area contributed by atoms with Gasteiger partial charge in [-0.1, -0.05) is 5.16 Å². The van der Waals surface area contributed by atoms with E-state index in [1.807, 2.05) is 0 Å². The number of alkyl halides is 3. The summed E-state index contributed by atoms with van der Waals surface area (Å²) in [5.41, 5.74) is 0.275. The first-order chi connectivity index (χ1) is 9.36. The zero-order valence-corrected chi connectivity index (χ0v) is 11.0. The van der Waals surface area contributed by atoms with E-state index in [2.05, 4.69) is 25.0 Å². The summed E-state index contributed by atoms with van der Waals surface area (Å²) in [7, 11) is 0. The molecule has 108 valence electrons. The normalized spacial score (nSPS) is 11.6. The highest BCUT2D eigenvalue weighted by Crippen LogP contribution is 2.27. The Kier molecular flexibility index (Phi) is 4.02. The van der Waals surface area contributed by atoms with Crippen molar-refractivity contribution in [3.63, 3.8) is 0 Å². The number of aryl methyl sites for hydroxylation is 1. The topological polar surface area (TPSA) is 80.9 Å². The Morgan fingerprint density at radius 2 is 2.20 bits per heavy atom. The van der Waals surface area contributed by atoms with Gasteiger partial charge in [0, 0.05) is 18.3 Å². The molecule has 0 aliphatic rings. The van der Waals surface area contributed by atoms with E-state index < -0.39 is 18.0 Å². The summed E-state index contributed by atoms with van der Waals surface area (Å²) in [6.45, 7) is 1.85. The van der Waals surface area contributed by atoms with E-state index in [0.29, 0.717) is 0 Å². The SMILES string of the molecule is Cc1nc(C(=O)NCCc2noc(C(F)(F)F)n2)cs1. The largest absolute Gasteiger partial charge is 0.471 e. The first-order valence-electron chi connectivity index (χ1n) is 5.46. The minimum absolute atomic E-state index is 0.0362. The van der Waals surface area contributed by atoms with Crippen LogP contribution in [0.3, 0.4) is 0 Å². The van der Waals surface area contributed by atoms with Crippen LogP contribution in [-0.4, -0.2) is 27.6 Å². The first kappa shape index (κ1) is 14.4. The minimum atomic E-state index is -4.66. The van der Waals surface area contributed by atoms with Gasteiger partial charge in [-0.3, -0.25) is 4.79 Å². The molecule has 10 heteroatoms. The molecule has 0 aromatic carbocycles. The van der Waals surface area contributed by atoms with Crippen molar-refractivity contribution in [1.82, 2.24) is 20.4 Å². The molecule has 0 saturated carbocycles. The summed E-state index contributed by atoms with van der Waals surface area (Å²) in [5, 5.41) is 8.05. The van der Waals surface area contributed by atoms with Crippen molar-refractivity contribution in [2.75, 3.05) is 6.54 Å². The summed E-state index contributed by atoms with van der Waals surface area (Å²) in [6.07, 6.45) is -4.62. The first-order valence-corrected chi connectivity index (χ1v) is 6.34. The number of aromatic nitrogens is 3. The van der Waals surface area contributed by atoms with Crippen LogP contribution in [0.2, 0.25) is 0 Å². The number of carbonyl (C=O) groups is 1. The van der Waals surface area contributed by atoms with Crippen LogP contribution >= 0.6 is 11.3 Å². The van der Waals surface area contributed by atoms with Gasteiger partial charge in [0.1, 0.15) is 5.69 Å². The van der Waals surface area contributed by atoms with E-state index in [4.69, 9.17) is 0 Å². The molecular formula is C10H9F3N4O2S. The van der Waals surface area contributed by atoms with Crippen molar-refractivity contribution in [2.24, 2.45) is 0 Å². The Morgan fingerprint density at radius 1 is 1.45 bits per heavy atom. The zero-order valence-electron chi connectivity index (χ0n) is 10.2. The molecule has 1 N–H and O–H groups in total. The van der Waals surface area contributed by atoms with Crippen LogP contribution in [0, 0.1) is 6.92 Å². The molecule has 0 bridgehead atoms. The second kappa shape index (κ2) is 5.57. The molecule has 0 fully saturated rings. The number of halogens is 3. The third kappa shape index (κ3) is 3.53. The average molecular weight is 306 g/mol. The van der Waals surface area contributed by atoms with Gasteiger partial charge in [0.25, 0.3) is 5.91 Å². The molecule has 0 unspecified atom stereocenters. The molecular weight excluding hydrogens is 297 g/mol. The fraction of sp³-hybridized carbons (Fsp3) is 0.400. The molecule has 0 radical (unpaired) electrons. The molecule has 2 aromatic rings. The molecule has 0 atom stereocenters. The van der Waals surface area contributed by atoms with Crippen molar-refractivity contribution < 1.29 is 22.5 Å². The van der Waals surface area contributed by atoms with Crippen molar-refractivity contribution in [3.8, 4) is 0 Å². The van der Waals surface area contributed by atoms with Gasteiger partial charge in [0.15, 0.2) is 5.82 Å². The summed E-state index contributed by atoms with van der Waals surface area (Å²) in [6, 6.07) is 0. The maximum absolute atomic E-state index is 12.2. The Labute approximate surface area is 115 Å². The quantitative estimate of drug-likeness (QED) is 0.932. The Hall–Kier alpha value is -1.97. The number of rotatable bonds is 4. The summed E-state index contributed by atoms with van der Waals surface area (Å²) in [4.78, 5) is 18.8. The number of amides is 1. The maximum Gasteiger partial charge on any atom is 0.471 e. The summed E-state index contributed by atoms with van der Waals surface area (Å²) < 4.78 is 40.7. The highest BCUT2D eigenvalue weighted by Gasteiger charge is 2.38. The van der Waals surface area contributed by atoms with E-state index in [-0.39, 0.29) is 24.5 Å². The number of carbonyl (C=O) groups excluding carboxylic acids is 1. The fourth-order valence-electron chi connectivity index (χ4n) is 1.32. The summed E-state index contributed by atoms with van der Waals surface area (Å²) in [5.74, 6) is -1.91. The molecule has 2 heterocycles. The van der Waals surface area contributed by atoms with Crippen LogP contribution in [0.15, 0.2) is 9.90 Å². The van der Waals surface area contributed by atoms with Crippen LogP contribution in [0.5, 0.6) is 0 Å². The van der Waals surface area contributed by atoms with Crippen LogP contribution in [-0.2, 0) is 12.6 Å². The molecule has 2 rings (SSSR count). The molecule has 0 spiro atoms. The lowest BCUT2D eigenvalue weighted by Gasteiger charge is -2.00. The van der Waals surface area contributed by atoms with Gasteiger partial charge in [0.2, 0.25) is 0 Å². The van der Waals surface area contributed by atoms with Crippen molar-refractivity contribution in [2.45, 2.75) is 19.5 Å². The van der Waals surface area contributed by atoms with Gasteiger partial charge in [-0.2, -0.15) is 18.2 Å². The van der Waals surface area contributed by atoms with Crippen LogP contribution in [0.25, 0.3) is 0 Å². The number of nitrogens with zero attached hydrogens (tertiary/aromatic N) is 3. The van der Waals surface area contributed by atoms with Crippen molar-refractivity contribution >= 4 is 17.2 Å². The van der Waals surface area contributed by atoms with Gasteiger partial charge >= 0.3 is 12.1 Å². The second-order valence-corrected chi connectivity index (χ2v) is 4.83. The number of thiazole rings is 1.